The van der Waals surface area contributed by atoms with Gasteiger partial charge in [-0.2, -0.15) is 10.4 Å². The maximum Gasteiger partial charge on any atom is 0.120 e. The van der Waals surface area contributed by atoms with E-state index >= 15 is 0 Å². The average molecular weight is 241 g/mol. The standard InChI is InChI=1S/C14H15N3O/c1-10(2)18-13-5-3-4-11(8-13)14-9-12(6-7-15)16-17-14/h3-5,8-10H,6H2,1-2H3,(H,16,17). The highest BCUT2D eigenvalue weighted by Gasteiger charge is 2.05. The molecule has 0 saturated heterocycles. The van der Waals surface area contributed by atoms with Gasteiger partial charge in [-0.3, -0.25) is 5.10 Å². The summed E-state index contributed by atoms with van der Waals surface area (Å²) in [5.41, 5.74) is 2.63. The summed E-state index contributed by atoms with van der Waals surface area (Å²) < 4.78 is 5.64. The zero-order chi connectivity index (χ0) is 13.0. The molecule has 18 heavy (non-hydrogen) atoms. The maximum absolute atomic E-state index is 8.62. The van der Waals surface area contributed by atoms with Crippen LogP contribution in [0.15, 0.2) is 30.3 Å². The predicted molar refractivity (Wildman–Crippen MR) is 69.1 cm³/mol. The quantitative estimate of drug-likeness (QED) is 0.895. The van der Waals surface area contributed by atoms with Gasteiger partial charge in [-0.15, -0.1) is 0 Å². The fourth-order valence-corrected chi connectivity index (χ4v) is 1.69. The lowest BCUT2D eigenvalue weighted by atomic mass is 10.1. The molecule has 0 bridgehead atoms. The molecule has 0 aliphatic heterocycles. The van der Waals surface area contributed by atoms with Crippen LogP contribution >= 0.6 is 0 Å². The van der Waals surface area contributed by atoms with Gasteiger partial charge in [-0.1, -0.05) is 12.1 Å². The third kappa shape index (κ3) is 2.89. The molecule has 4 nitrogen and oxygen atoms in total. The van der Waals surface area contributed by atoms with E-state index in [9.17, 15) is 0 Å². The fraction of sp³-hybridized carbons (Fsp3) is 0.286. The van der Waals surface area contributed by atoms with Crippen molar-refractivity contribution >= 4 is 0 Å². The van der Waals surface area contributed by atoms with Crippen LogP contribution in [0, 0.1) is 11.3 Å². The molecular formula is C14H15N3O. The van der Waals surface area contributed by atoms with Crippen molar-refractivity contribution in [2.75, 3.05) is 0 Å². The Kier molecular flexibility index (Phi) is 3.63. The molecule has 1 aromatic heterocycles. The van der Waals surface area contributed by atoms with E-state index in [2.05, 4.69) is 16.3 Å². The molecular weight excluding hydrogens is 226 g/mol. The number of hydrogen-bond acceptors (Lipinski definition) is 3. The number of rotatable bonds is 4. The minimum atomic E-state index is 0.147. The summed E-state index contributed by atoms with van der Waals surface area (Å²) >= 11 is 0. The number of nitrogens with one attached hydrogen (secondary N) is 1. The molecule has 92 valence electrons. The van der Waals surface area contributed by atoms with Gasteiger partial charge in [0.2, 0.25) is 0 Å². The molecule has 0 fully saturated rings. The van der Waals surface area contributed by atoms with Gasteiger partial charge in [0.1, 0.15) is 5.75 Å². The van der Waals surface area contributed by atoms with E-state index in [0.717, 1.165) is 22.7 Å². The van der Waals surface area contributed by atoms with Gasteiger partial charge in [0, 0.05) is 11.3 Å². The molecule has 2 aromatic rings. The van der Waals surface area contributed by atoms with Gasteiger partial charge in [-0.05, 0) is 32.0 Å². The number of nitrogens with zero attached hydrogens (tertiary/aromatic N) is 2. The lowest BCUT2D eigenvalue weighted by molar-refractivity contribution is 0.242. The number of aromatic nitrogens is 2. The van der Waals surface area contributed by atoms with Gasteiger partial charge in [-0.25, -0.2) is 0 Å². The van der Waals surface area contributed by atoms with Gasteiger partial charge in [0.15, 0.2) is 0 Å². The van der Waals surface area contributed by atoms with E-state index in [4.69, 9.17) is 10.00 Å². The number of hydrogen-bond donors (Lipinski definition) is 1. The summed E-state index contributed by atoms with van der Waals surface area (Å²) in [6, 6.07) is 11.8. The minimum Gasteiger partial charge on any atom is -0.491 e. The Morgan fingerprint density at radius 3 is 2.94 bits per heavy atom. The Labute approximate surface area is 106 Å². The van der Waals surface area contributed by atoms with Gasteiger partial charge in [0.05, 0.1) is 24.3 Å². The van der Waals surface area contributed by atoms with Crippen LogP contribution in [0.2, 0.25) is 0 Å². The lowest BCUT2D eigenvalue weighted by Gasteiger charge is -2.09. The summed E-state index contributed by atoms with van der Waals surface area (Å²) in [6.07, 6.45) is 0.489. The molecule has 1 N–H and O–H groups in total. The maximum atomic E-state index is 8.62. The molecule has 0 radical (unpaired) electrons. The van der Waals surface area contributed by atoms with Crippen LogP contribution in [-0.2, 0) is 6.42 Å². The van der Waals surface area contributed by atoms with E-state index in [1.54, 1.807) is 0 Å². The van der Waals surface area contributed by atoms with E-state index in [1.165, 1.54) is 0 Å². The largest absolute Gasteiger partial charge is 0.491 e. The van der Waals surface area contributed by atoms with E-state index in [0.29, 0.717) is 6.42 Å². The predicted octanol–water partition coefficient (Wildman–Crippen LogP) is 2.93. The zero-order valence-corrected chi connectivity index (χ0v) is 10.5. The summed E-state index contributed by atoms with van der Waals surface area (Å²) in [7, 11) is 0. The average Bonchev–Trinajstić information content (AvgIpc) is 2.78. The number of benzene rings is 1. The highest BCUT2D eigenvalue weighted by molar-refractivity contribution is 5.61. The Morgan fingerprint density at radius 1 is 1.39 bits per heavy atom. The van der Waals surface area contributed by atoms with Crippen molar-refractivity contribution in [2.24, 2.45) is 0 Å². The summed E-state index contributed by atoms with van der Waals surface area (Å²) in [5, 5.41) is 15.7. The molecule has 0 aliphatic carbocycles. The molecule has 0 atom stereocenters. The van der Waals surface area contributed by atoms with Crippen LogP contribution in [0.5, 0.6) is 5.75 Å². The van der Waals surface area contributed by atoms with Crippen molar-refractivity contribution in [3.05, 3.63) is 36.0 Å². The molecule has 4 heteroatoms. The second-order valence-corrected chi connectivity index (χ2v) is 4.31. The van der Waals surface area contributed by atoms with Crippen LogP contribution < -0.4 is 4.74 Å². The van der Waals surface area contributed by atoms with Crippen LogP contribution in [0.25, 0.3) is 11.3 Å². The Balaban J connectivity index is 2.24. The highest BCUT2D eigenvalue weighted by Crippen LogP contribution is 2.23. The van der Waals surface area contributed by atoms with Gasteiger partial charge >= 0.3 is 0 Å². The molecule has 1 aromatic carbocycles. The van der Waals surface area contributed by atoms with Crippen LogP contribution in [0.3, 0.4) is 0 Å². The van der Waals surface area contributed by atoms with E-state index in [-0.39, 0.29) is 6.10 Å². The van der Waals surface area contributed by atoms with E-state index < -0.39 is 0 Å². The first-order valence-electron chi connectivity index (χ1n) is 5.87. The lowest BCUT2D eigenvalue weighted by Crippen LogP contribution is -2.05. The number of H-pyrrole nitrogens is 1. The third-order valence-electron chi connectivity index (χ3n) is 2.40. The van der Waals surface area contributed by atoms with E-state index in [1.807, 2.05) is 44.2 Å². The van der Waals surface area contributed by atoms with Gasteiger partial charge in [0.25, 0.3) is 0 Å². The molecule has 2 rings (SSSR count). The van der Waals surface area contributed by atoms with Crippen LogP contribution in [0.4, 0.5) is 0 Å². The monoisotopic (exact) mass is 241 g/mol. The van der Waals surface area contributed by atoms with Crippen molar-refractivity contribution in [1.29, 1.82) is 5.26 Å². The number of ether oxygens (including phenoxy) is 1. The summed E-state index contributed by atoms with van der Waals surface area (Å²) in [5.74, 6) is 0.826. The van der Waals surface area contributed by atoms with Crippen molar-refractivity contribution in [2.45, 2.75) is 26.4 Å². The van der Waals surface area contributed by atoms with Crippen molar-refractivity contribution in [1.82, 2.24) is 10.2 Å². The first-order valence-corrected chi connectivity index (χ1v) is 5.87. The topological polar surface area (TPSA) is 61.7 Å². The second-order valence-electron chi connectivity index (χ2n) is 4.31. The molecule has 0 amide bonds. The first-order chi connectivity index (χ1) is 8.69. The Bertz CT molecular complexity index is 566. The SMILES string of the molecule is CC(C)Oc1cccc(-c2cc(CC#N)[nH]n2)c1. The third-order valence-corrected chi connectivity index (χ3v) is 2.40. The minimum absolute atomic E-state index is 0.147. The zero-order valence-electron chi connectivity index (χ0n) is 10.5. The molecule has 0 spiro atoms. The Hall–Kier alpha value is -2.28. The van der Waals surface area contributed by atoms with Crippen molar-refractivity contribution in [3.63, 3.8) is 0 Å². The smallest absolute Gasteiger partial charge is 0.120 e. The van der Waals surface area contributed by atoms with Crippen molar-refractivity contribution in [3.8, 4) is 23.1 Å². The number of nitriles is 1. The highest BCUT2D eigenvalue weighted by atomic mass is 16.5. The van der Waals surface area contributed by atoms with Crippen molar-refractivity contribution < 1.29 is 4.74 Å². The van der Waals surface area contributed by atoms with Gasteiger partial charge < -0.3 is 4.74 Å². The summed E-state index contributed by atoms with van der Waals surface area (Å²) in [4.78, 5) is 0. The normalized spacial score (nSPS) is 10.3. The molecule has 0 saturated carbocycles. The summed E-state index contributed by atoms with van der Waals surface area (Å²) in [6.45, 7) is 3.98. The van der Waals surface area contributed by atoms with Crippen LogP contribution in [-0.4, -0.2) is 16.3 Å². The van der Waals surface area contributed by atoms with Crippen LogP contribution in [0.1, 0.15) is 19.5 Å². The molecule has 1 heterocycles. The first kappa shape index (κ1) is 12.2. The molecule has 0 unspecified atom stereocenters. The Morgan fingerprint density at radius 2 is 2.22 bits per heavy atom. The second kappa shape index (κ2) is 5.37. The fourth-order valence-electron chi connectivity index (χ4n) is 1.69. The molecule has 0 aliphatic rings. The number of aromatic amines is 1.